The Hall–Kier alpha value is -0.773. The van der Waals surface area contributed by atoms with E-state index in [1.807, 2.05) is 20.8 Å². The van der Waals surface area contributed by atoms with Crippen molar-refractivity contribution in [3.8, 4) is 0 Å². The Morgan fingerprint density at radius 1 is 1.15 bits per heavy atom. The van der Waals surface area contributed by atoms with Gasteiger partial charge in [0.05, 0.1) is 21.9 Å². The van der Waals surface area contributed by atoms with Crippen molar-refractivity contribution in [3.05, 3.63) is 24.0 Å². The van der Waals surface area contributed by atoms with Crippen LogP contribution in [0.3, 0.4) is 0 Å². The van der Waals surface area contributed by atoms with E-state index in [2.05, 4.69) is 4.98 Å². The average Bonchev–Trinajstić information content (AvgIpc) is 1.95. The number of rotatable bonds is 1. The summed E-state index contributed by atoms with van der Waals surface area (Å²) in [6.07, 6.45) is 2.11. The third kappa shape index (κ3) is 2.88. The van der Waals surface area contributed by atoms with Crippen LogP contribution >= 0.6 is 0 Å². The summed E-state index contributed by atoms with van der Waals surface area (Å²) in [5.41, 5.74) is 0. The molecule has 0 unspecified atom stereocenters. The molecule has 2 radical (unpaired) electrons. The molecule has 1 aromatic rings. The van der Waals surface area contributed by atoms with Crippen LogP contribution in [0.4, 0.5) is 8.78 Å². The minimum absolute atomic E-state index is 0.0942. The van der Waals surface area contributed by atoms with Crippen LogP contribution in [-0.2, 0) is 0 Å². The second kappa shape index (κ2) is 3.53. The summed E-state index contributed by atoms with van der Waals surface area (Å²) in [7, 11) is 0.122. The van der Waals surface area contributed by atoms with Gasteiger partial charge in [0.2, 0.25) is 0 Å². The van der Waals surface area contributed by atoms with Gasteiger partial charge in [0.25, 0.3) is 0 Å². The van der Waals surface area contributed by atoms with Crippen molar-refractivity contribution in [1.29, 1.82) is 0 Å². The molecule has 0 fully saturated rings. The van der Waals surface area contributed by atoms with Gasteiger partial charge in [0.15, 0.2) is 0 Å². The monoisotopic (exact) mass is 199 g/mol. The second-order valence-corrected chi connectivity index (χ2v) is 6.10. The minimum atomic E-state index is -0.548. The molecule has 1 nitrogen and oxygen atoms in total. The third-order valence-corrected chi connectivity index (χ3v) is 2.83. The van der Waals surface area contributed by atoms with E-state index in [0.29, 0.717) is 0 Å². The zero-order valence-corrected chi connectivity index (χ0v) is 8.86. The zero-order valence-electron chi connectivity index (χ0n) is 7.86. The van der Waals surface area contributed by atoms with Gasteiger partial charge in [-0.2, -0.15) is 0 Å². The van der Waals surface area contributed by atoms with Gasteiger partial charge in [-0.25, -0.2) is 8.78 Å². The maximum Gasteiger partial charge on any atom is 0.143 e. The van der Waals surface area contributed by atoms with Gasteiger partial charge in [-0.3, -0.25) is 4.98 Å². The first-order valence-electron chi connectivity index (χ1n) is 3.97. The largest absolute Gasteiger partial charge is 0.259 e. The van der Waals surface area contributed by atoms with Crippen molar-refractivity contribution >= 4 is 14.7 Å². The summed E-state index contributed by atoms with van der Waals surface area (Å²) in [4.78, 5) is 3.43. The molecule has 1 aromatic heterocycles. The molecule has 1 rings (SSSR count). The molecule has 0 aliphatic heterocycles. The predicted octanol–water partition coefficient (Wildman–Crippen LogP) is 1.91. The highest BCUT2D eigenvalue weighted by Crippen LogP contribution is 2.20. The standard InChI is InChI=1S/C9H11F2NSi/c1-9(2,3)13-8-6(10)4-12-5-7(8)11/h4-5H,1-3H3. The lowest BCUT2D eigenvalue weighted by molar-refractivity contribution is 0.585. The fraction of sp³-hybridized carbons (Fsp3) is 0.444. The minimum Gasteiger partial charge on any atom is -0.259 e. The van der Waals surface area contributed by atoms with Crippen LogP contribution in [0.25, 0.3) is 0 Å². The molecule has 70 valence electrons. The number of pyridine rings is 1. The molecular formula is C9H11F2NSi. The molecule has 1 heterocycles. The molecule has 0 amide bonds. The molecule has 0 aliphatic rings. The smallest absolute Gasteiger partial charge is 0.143 e. The molecular weight excluding hydrogens is 188 g/mol. The van der Waals surface area contributed by atoms with Gasteiger partial charge >= 0.3 is 0 Å². The summed E-state index contributed by atoms with van der Waals surface area (Å²) in [5.74, 6) is -1.10. The third-order valence-electron chi connectivity index (χ3n) is 1.35. The Morgan fingerprint density at radius 2 is 1.62 bits per heavy atom. The molecule has 13 heavy (non-hydrogen) atoms. The molecule has 0 saturated heterocycles. The van der Waals surface area contributed by atoms with Crippen molar-refractivity contribution in [1.82, 2.24) is 4.98 Å². The van der Waals surface area contributed by atoms with Crippen LogP contribution in [0.15, 0.2) is 12.4 Å². The summed E-state index contributed by atoms with van der Waals surface area (Å²) in [6.45, 7) is 5.85. The van der Waals surface area contributed by atoms with Gasteiger partial charge < -0.3 is 0 Å². The Labute approximate surface area is 79.0 Å². The van der Waals surface area contributed by atoms with Crippen LogP contribution in [0.1, 0.15) is 20.8 Å². The Kier molecular flexibility index (Phi) is 2.80. The molecule has 0 atom stereocenters. The van der Waals surface area contributed by atoms with Crippen molar-refractivity contribution in [2.24, 2.45) is 0 Å². The van der Waals surface area contributed by atoms with Crippen LogP contribution < -0.4 is 5.19 Å². The quantitative estimate of drug-likeness (QED) is 0.630. The first kappa shape index (κ1) is 10.3. The fourth-order valence-corrected chi connectivity index (χ4v) is 2.02. The molecule has 0 aliphatic carbocycles. The lowest BCUT2D eigenvalue weighted by Gasteiger charge is -2.17. The summed E-state index contributed by atoms with van der Waals surface area (Å²) >= 11 is 0. The molecule has 0 bridgehead atoms. The Morgan fingerprint density at radius 3 is 2.00 bits per heavy atom. The summed E-state index contributed by atoms with van der Waals surface area (Å²) in [6, 6.07) is 0. The van der Waals surface area contributed by atoms with Crippen molar-refractivity contribution < 1.29 is 8.78 Å². The molecule has 0 saturated carbocycles. The number of nitrogens with zero attached hydrogens (tertiary/aromatic N) is 1. The molecule has 0 N–H and O–H groups in total. The van der Waals surface area contributed by atoms with E-state index in [1.54, 1.807) is 0 Å². The highest BCUT2D eigenvalue weighted by molar-refractivity contribution is 6.56. The first-order valence-corrected chi connectivity index (χ1v) is 4.97. The van der Waals surface area contributed by atoms with Crippen LogP contribution in [0.5, 0.6) is 0 Å². The topological polar surface area (TPSA) is 12.9 Å². The highest BCUT2D eigenvalue weighted by atomic mass is 28.2. The van der Waals surface area contributed by atoms with Crippen LogP contribution in [0, 0.1) is 11.6 Å². The van der Waals surface area contributed by atoms with E-state index >= 15 is 0 Å². The lowest BCUT2D eigenvalue weighted by atomic mass is 10.2. The van der Waals surface area contributed by atoms with E-state index in [9.17, 15) is 8.78 Å². The number of hydrogen-bond donors (Lipinski definition) is 0. The SMILES string of the molecule is CC(C)(C)[Si]c1c(F)cncc1F. The van der Waals surface area contributed by atoms with E-state index < -0.39 is 11.6 Å². The molecule has 0 aromatic carbocycles. The van der Waals surface area contributed by atoms with Gasteiger partial charge in [-0.15, -0.1) is 0 Å². The Balaban J connectivity index is 3.00. The predicted molar refractivity (Wildman–Crippen MR) is 49.3 cm³/mol. The summed E-state index contributed by atoms with van der Waals surface area (Å²) < 4.78 is 26.2. The molecule has 0 spiro atoms. The van der Waals surface area contributed by atoms with Crippen molar-refractivity contribution in [2.45, 2.75) is 25.8 Å². The second-order valence-electron chi connectivity index (χ2n) is 3.85. The van der Waals surface area contributed by atoms with E-state index in [4.69, 9.17) is 0 Å². The highest BCUT2D eigenvalue weighted by Gasteiger charge is 2.19. The summed E-state index contributed by atoms with van der Waals surface area (Å²) in [5, 5.41) is 0.0609. The normalized spacial score (nSPS) is 11.8. The average molecular weight is 199 g/mol. The maximum atomic E-state index is 13.1. The van der Waals surface area contributed by atoms with Gasteiger partial charge in [0.1, 0.15) is 11.6 Å². The van der Waals surface area contributed by atoms with Gasteiger partial charge in [0, 0.05) is 5.19 Å². The van der Waals surface area contributed by atoms with Crippen molar-refractivity contribution in [3.63, 3.8) is 0 Å². The van der Waals surface area contributed by atoms with Gasteiger partial charge in [-0.05, 0) is 5.04 Å². The van der Waals surface area contributed by atoms with E-state index in [1.165, 1.54) is 0 Å². The lowest BCUT2D eigenvalue weighted by Crippen LogP contribution is -2.29. The van der Waals surface area contributed by atoms with Crippen LogP contribution in [0.2, 0.25) is 5.04 Å². The van der Waals surface area contributed by atoms with E-state index in [-0.39, 0.29) is 19.7 Å². The fourth-order valence-electron chi connectivity index (χ4n) is 0.906. The number of hydrogen-bond acceptors (Lipinski definition) is 1. The van der Waals surface area contributed by atoms with Crippen LogP contribution in [-0.4, -0.2) is 14.5 Å². The van der Waals surface area contributed by atoms with E-state index in [0.717, 1.165) is 12.4 Å². The number of aromatic nitrogens is 1. The molecule has 4 heteroatoms. The zero-order chi connectivity index (χ0) is 10.1. The number of halogens is 2. The Bertz CT molecular complexity index is 287. The maximum absolute atomic E-state index is 13.1. The first-order chi connectivity index (χ1) is 5.90. The van der Waals surface area contributed by atoms with Crippen molar-refractivity contribution in [2.75, 3.05) is 0 Å². The van der Waals surface area contributed by atoms with Gasteiger partial charge in [-0.1, -0.05) is 20.8 Å².